The molecule has 11 heteroatoms. The lowest BCUT2D eigenvalue weighted by atomic mass is 9.73. The number of allylic oxidation sites excluding steroid dienone is 2. The van der Waals surface area contributed by atoms with E-state index in [1.54, 1.807) is 35.5 Å². The van der Waals surface area contributed by atoms with Gasteiger partial charge in [0, 0.05) is 2.85 Å². The zero-order valence-electron chi connectivity index (χ0n) is 44.7. The van der Waals surface area contributed by atoms with Gasteiger partial charge in [0.05, 0.1) is 77.3 Å². The Labute approximate surface area is 445 Å². The highest BCUT2D eigenvalue weighted by Crippen LogP contribution is 2.40. The molecule has 74 heavy (non-hydrogen) atoms. The summed E-state index contributed by atoms with van der Waals surface area (Å²) in [5.41, 5.74) is 18.3. The van der Waals surface area contributed by atoms with Crippen LogP contribution in [-0.4, -0.2) is 59.3 Å². The minimum atomic E-state index is -0.860. The number of ether oxygens (including phenoxy) is 5. The van der Waals surface area contributed by atoms with Gasteiger partial charge in [0.2, 0.25) is 0 Å². The Hall–Kier alpha value is -6.81. The van der Waals surface area contributed by atoms with E-state index in [0.29, 0.717) is 18.9 Å². The fraction of sp³-hybridized carbons (Fsp3) is 0.444. The SMILES string of the molecule is COc1ccc(C(C#N)=C2CCCCC2)cc1.COc1ccc(C(C#N)C2(O)CCCCC2)cc1.COc1ccc(C(CN)C2CCCCC2)cc1.COc1ccc(CC#N)cc1.COc1ccc(CCN)cc1.[HH].[HH]. The molecule has 3 aliphatic rings. The summed E-state index contributed by atoms with van der Waals surface area (Å²) >= 11 is 0. The van der Waals surface area contributed by atoms with E-state index < -0.39 is 11.5 Å². The fourth-order valence-corrected chi connectivity index (χ4v) is 9.87. The molecule has 0 amide bonds. The van der Waals surface area contributed by atoms with Crippen LogP contribution in [0.4, 0.5) is 0 Å². The molecule has 8 rings (SSSR count). The van der Waals surface area contributed by atoms with Gasteiger partial charge in [0.1, 0.15) is 28.7 Å². The number of hydrogen-bond donors (Lipinski definition) is 3. The van der Waals surface area contributed by atoms with Crippen molar-refractivity contribution >= 4 is 5.57 Å². The van der Waals surface area contributed by atoms with Crippen LogP contribution in [0.3, 0.4) is 0 Å². The second kappa shape index (κ2) is 33.8. The molecular formula is C63H85N5O6. The first-order valence-electron chi connectivity index (χ1n) is 26.3. The summed E-state index contributed by atoms with van der Waals surface area (Å²) in [5, 5.41) is 37.7. The van der Waals surface area contributed by atoms with Crippen LogP contribution in [0.5, 0.6) is 28.7 Å². The van der Waals surface area contributed by atoms with Crippen LogP contribution in [-0.2, 0) is 12.8 Å². The molecule has 11 nitrogen and oxygen atoms in total. The first kappa shape index (κ1) is 59.8. The van der Waals surface area contributed by atoms with Gasteiger partial charge in [-0.2, -0.15) is 15.8 Å². The quantitative estimate of drug-likeness (QED) is 0.0898. The largest absolute Gasteiger partial charge is 0.497 e. The summed E-state index contributed by atoms with van der Waals surface area (Å²) in [6.45, 7) is 1.46. The average Bonchev–Trinajstić information content (AvgIpc) is 3.46. The van der Waals surface area contributed by atoms with Crippen LogP contribution in [0.2, 0.25) is 0 Å². The number of nitrogens with zero attached hydrogens (tertiary/aromatic N) is 3. The second-order valence-electron chi connectivity index (χ2n) is 19.0. The summed E-state index contributed by atoms with van der Waals surface area (Å²) < 4.78 is 25.4. The Kier molecular flexibility index (Phi) is 27.3. The van der Waals surface area contributed by atoms with Crippen molar-refractivity contribution < 1.29 is 31.6 Å². The molecule has 0 spiro atoms. The highest BCUT2D eigenvalue weighted by molar-refractivity contribution is 5.79. The summed E-state index contributed by atoms with van der Waals surface area (Å²) in [6.07, 6.45) is 18.7. The van der Waals surface area contributed by atoms with Gasteiger partial charge in [-0.25, -0.2) is 0 Å². The van der Waals surface area contributed by atoms with Crippen LogP contribution in [0.1, 0.15) is 139 Å². The van der Waals surface area contributed by atoms with Crippen LogP contribution in [0.25, 0.3) is 5.57 Å². The minimum Gasteiger partial charge on any atom is -0.497 e. The van der Waals surface area contributed by atoms with Crippen LogP contribution < -0.4 is 35.2 Å². The molecule has 2 atom stereocenters. The molecule has 2 unspecified atom stereocenters. The van der Waals surface area contributed by atoms with Crippen molar-refractivity contribution in [1.29, 1.82) is 15.8 Å². The number of nitrogens with two attached hydrogens (primary N) is 2. The lowest BCUT2D eigenvalue weighted by Crippen LogP contribution is -2.37. The van der Waals surface area contributed by atoms with Crippen molar-refractivity contribution in [1.82, 2.24) is 0 Å². The number of methoxy groups -OCH3 is 5. The molecule has 3 aliphatic carbocycles. The Morgan fingerprint density at radius 2 is 0.986 bits per heavy atom. The second-order valence-corrected chi connectivity index (χ2v) is 19.0. The van der Waals surface area contributed by atoms with E-state index in [1.807, 2.05) is 109 Å². The maximum atomic E-state index is 10.7. The third-order valence-corrected chi connectivity index (χ3v) is 14.2. The molecule has 0 heterocycles. The molecule has 5 aromatic carbocycles. The van der Waals surface area contributed by atoms with Gasteiger partial charge >= 0.3 is 0 Å². The number of hydrogen-bond acceptors (Lipinski definition) is 11. The molecule has 0 aliphatic heterocycles. The van der Waals surface area contributed by atoms with Gasteiger partial charge in [-0.05, 0) is 183 Å². The third-order valence-electron chi connectivity index (χ3n) is 14.2. The summed E-state index contributed by atoms with van der Waals surface area (Å²) in [7, 11) is 8.26. The average molecular weight is 1010 g/mol. The van der Waals surface area contributed by atoms with Crippen LogP contribution in [0, 0.1) is 39.9 Å². The predicted octanol–water partition coefficient (Wildman–Crippen LogP) is 13.7. The number of benzene rings is 5. The highest BCUT2D eigenvalue weighted by atomic mass is 16.5. The first-order chi connectivity index (χ1) is 36.1. The molecule has 0 bridgehead atoms. The Morgan fingerprint density at radius 3 is 1.41 bits per heavy atom. The van der Waals surface area contributed by atoms with Crippen molar-refractivity contribution in [3.05, 3.63) is 155 Å². The van der Waals surface area contributed by atoms with Gasteiger partial charge in [-0.1, -0.05) is 99.0 Å². The van der Waals surface area contributed by atoms with E-state index in [0.717, 1.165) is 115 Å². The molecule has 0 aromatic heterocycles. The Balaban J connectivity index is 0.000000328. The molecule has 3 saturated carbocycles. The van der Waals surface area contributed by atoms with Gasteiger partial charge in [-0.15, -0.1) is 0 Å². The van der Waals surface area contributed by atoms with Gasteiger partial charge in [0.15, 0.2) is 0 Å². The smallest absolute Gasteiger partial charge is 0.118 e. The normalized spacial score (nSPS) is 15.4. The first-order valence-corrected chi connectivity index (χ1v) is 26.3. The van der Waals surface area contributed by atoms with E-state index >= 15 is 0 Å². The van der Waals surface area contributed by atoms with Crippen molar-refractivity contribution in [2.24, 2.45) is 17.4 Å². The van der Waals surface area contributed by atoms with Gasteiger partial charge < -0.3 is 40.3 Å². The molecule has 398 valence electrons. The number of nitriles is 3. The van der Waals surface area contributed by atoms with Crippen molar-refractivity contribution in [2.75, 3.05) is 48.6 Å². The van der Waals surface area contributed by atoms with Gasteiger partial charge in [-0.3, -0.25) is 0 Å². The Morgan fingerprint density at radius 1 is 0.568 bits per heavy atom. The standard InChI is InChI=1S/C15H19NO2.C15H23NO.C15H17NO.C9H13NO.C9H9NO.2H2/c1-18-13-7-5-12(6-8-13)14(11-16)15(17)9-3-2-4-10-15;2*1-17-14-9-7-13(8-10-14)15(11-16)12-5-3-2-4-6-12;2*1-11-9-4-2-8(3-5-9)6-7-10;;/h5-8,14,17H,2-4,9-10H2,1H3;7-10,12,15H,2-6,11,16H2,1H3;7-10H,2-6H2,1H3;2-5H,6-7,10H2,1H3;2-5H,6H2,1H3;2*1H. The molecule has 3 fully saturated rings. The van der Waals surface area contributed by atoms with E-state index in [2.05, 4.69) is 30.3 Å². The summed E-state index contributed by atoms with van der Waals surface area (Å²) in [4.78, 5) is 0. The maximum Gasteiger partial charge on any atom is 0.118 e. The maximum absolute atomic E-state index is 10.7. The molecule has 5 aromatic rings. The summed E-state index contributed by atoms with van der Waals surface area (Å²) in [5.74, 6) is 5.11. The minimum absolute atomic E-state index is 0. The number of rotatable bonds is 14. The fourth-order valence-electron chi connectivity index (χ4n) is 9.87. The van der Waals surface area contributed by atoms with E-state index in [1.165, 1.54) is 68.1 Å². The van der Waals surface area contributed by atoms with Crippen molar-refractivity contribution in [3.63, 3.8) is 0 Å². The zero-order chi connectivity index (χ0) is 53.4. The topological polar surface area (TPSA) is 190 Å². The molecule has 0 saturated heterocycles. The zero-order valence-corrected chi connectivity index (χ0v) is 44.7. The highest BCUT2D eigenvalue weighted by Gasteiger charge is 2.39. The molecular weight excluding hydrogens is 923 g/mol. The molecule has 5 N–H and O–H groups in total. The number of aliphatic hydroxyl groups is 1. The van der Waals surface area contributed by atoms with Crippen molar-refractivity contribution in [2.45, 2.75) is 127 Å². The molecule has 0 radical (unpaired) electrons. The summed E-state index contributed by atoms with van der Waals surface area (Å²) in [6, 6.07) is 45.8. The van der Waals surface area contributed by atoms with E-state index in [-0.39, 0.29) is 2.85 Å². The van der Waals surface area contributed by atoms with Crippen molar-refractivity contribution in [3.8, 4) is 47.0 Å². The van der Waals surface area contributed by atoms with E-state index in [9.17, 15) is 15.6 Å². The third kappa shape index (κ3) is 19.6. The van der Waals surface area contributed by atoms with Crippen LogP contribution >= 0.6 is 0 Å². The van der Waals surface area contributed by atoms with Gasteiger partial charge in [0.25, 0.3) is 0 Å². The van der Waals surface area contributed by atoms with Crippen LogP contribution in [0.15, 0.2) is 127 Å². The lowest BCUT2D eigenvalue weighted by molar-refractivity contribution is -0.00715. The lowest BCUT2D eigenvalue weighted by Gasteiger charge is -2.36. The predicted molar refractivity (Wildman–Crippen MR) is 302 cm³/mol. The van der Waals surface area contributed by atoms with E-state index in [4.69, 9.17) is 40.4 Å². The monoisotopic (exact) mass is 1010 g/mol. The Bertz CT molecular complexity index is 2480.